The third kappa shape index (κ3) is 4.07. The van der Waals surface area contributed by atoms with Gasteiger partial charge in [0.15, 0.2) is 0 Å². The fourth-order valence-corrected chi connectivity index (χ4v) is 6.09. The van der Waals surface area contributed by atoms with Crippen LogP contribution in [0.3, 0.4) is 0 Å². The van der Waals surface area contributed by atoms with Crippen LogP contribution in [0.25, 0.3) is 11.1 Å². The molecule has 1 saturated heterocycles. The van der Waals surface area contributed by atoms with Gasteiger partial charge < -0.3 is 20.1 Å². The molecular formula is C28H32N2O5. The van der Waals surface area contributed by atoms with E-state index in [9.17, 15) is 19.5 Å². The lowest BCUT2D eigenvalue weighted by Gasteiger charge is -2.41. The number of carbonyl (C=O) groups is 3. The topological polar surface area (TPSA) is 95.9 Å². The van der Waals surface area contributed by atoms with E-state index >= 15 is 0 Å². The molecule has 5 rings (SSSR count). The zero-order valence-electron chi connectivity index (χ0n) is 20.2. The number of ether oxygens (including phenoxy) is 1. The summed E-state index contributed by atoms with van der Waals surface area (Å²) in [6.07, 6.45) is 2.03. The first-order valence-electron chi connectivity index (χ1n) is 12.4. The highest BCUT2D eigenvalue weighted by molar-refractivity contribution is 5.87. The van der Waals surface area contributed by atoms with Gasteiger partial charge in [-0.1, -0.05) is 68.8 Å². The van der Waals surface area contributed by atoms with Gasteiger partial charge in [0.05, 0.1) is 5.92 Å². The van der Waals surface area contributed by atoms with Crippen molar-refractivity contribution in [2.75, 3.05) is 19.7 Å². The van der Waals surface area contributed by atoms with E-state index in [2.05, 4.69) is 29.6 Å². The quantitative estimate of drug-likeness (QED) is 0.649. The molecule has 2 aliphatic carbocycles. The molecule has 2 N–H and O–H groups in total. The maximum Gasteiger partial charge on any atom is 0.407 e. The average molecular weight is 477 g/mol. The number of carbonyl (C=O) groups excluding carboxylic acids is 2. The summed E-state index contributed by atoms with van der Waals surface area (Å²) in [7, 11) is 0. The van der Waals surface area contributed by atoms with E-state index in [0.29, 0.717) is 6.54 Å². The number of alkyl carbamates (subject to hydrolysis) is 1. The third-order valence-electron chi connectivity index (χ3n) is 8.16. The maximum atomic E-state index is 13.4. The van der Waals surface area contributed by atoms with Crippen LogP contribution in [-0.2, 0) is 14.3 Å². The number of nitrogens with zero attached hydrogens (tertiary/aromatic N) is 1. The molecule has 1 saturated carbocycles. The van der Waals surface area contributed by atoms with Gasteiger partial charge in [0.1, 0.15) is 12.6 Å². The molecule has 7 nitrogen and oxygen atoms in total. The van der Waals surface area contributed by atoms with Crippen molar-refractivity contribution < 1.29 is 24.2 Å². The Morgan fingerprint density at radius 3 is 2.14 bits per heavy atom. The molecule has 2 aromatic rings. The Morgan fingerprint density at radius 1 is 1.06 bits per heavy atom. The van der Waals surface area contributed by atoms with Gasteiger partial charge in [-0.15, -0.1) is 0 Å². The molecule has 2 atom stereocenters. The van der Waals surface area contributed by atoms with Crippen molar-refractivity contribution >= 4 is 18.0 Å². The first-order valence-corrected chi connectivity index (χ1v) is 12.4. The van der Waals surface area contributed by atoms with Crippen molar-refractivity contribution in [2.45, 2.75) is 45.1 Å². The number of rotatable bonds is 6. The summed E-state index contributed by atoms with van der Waals surface area (Å²) < 4.78 is 5.65. The lowest BCUT2D eigenvalue weighted by molar-refractivity contribution is -0.146. The number of carboxylic acid groups (broad SMARTS) is 1. The van der Waals surface area contributed by atoms with Gasteiger partial charge in [-0.3, -0.25) is 9.59 Å². The molecule has 2 unspecified atom stereocenters. The third-order valence-corrected chi connectivity index (χ3v) is 8.16. The van der Waals surface area contributed by atoms with Crippen molar-refractivity contribution in [3.8, 4) is 11.1 Å². The molecule has 0 bridgehead atoms. The predicted octanol–water partition coefficient (Wildman–Crippen LogP) is 4.26. The average Bonchev–Trinajstić information content (AvgIpc) is 3.38. The minimum atomic E-state index is -0.842. The summed E-state index contributed by atoms with van der Waals surface area (Å²) in [6.45, 7) is 4.56. The minimum absolute atomic E-state index is 0.0604. The van der Waals surface area contributed by atoms with Crippen LogP contribution in [0.4, 0.5) is 4.79 Å². The number of benzene rings is 2. The first-order chi connectivity index (χ1) is 16.8. The Labute approximate surface area is 205 Å². The Morgan fingerprint density at radius 2 is 1.66 bits per heavy atom. The van der Waals surface area contributed by atoms with E-state index in [1.165, 1.54) is 0 Å². The second kappa shape index (κ2) is 9.02. The van der Waals surface area contributed by atoms with Crippen molar-refractivity contribution in [3.05, 3.63) is 59.7 Å². The highest BCUT2D eigenvalue weighted by Gasteiger charge is 2.55. The zero-order valence-corrected chi connectivity index (χ0v) is 20.2. The minimum Gasteiger partial charge on any atom is -0.481 e. The molecule has 3 aliphatic rings. The van der Waals surface area contributed by atoms with Gasteiger partial charge >= 0.3 is 12.1 Å². The van der Waals surface area contributed by atoms with Gasteiger partial charge in [-0.2, -0.15) is 0 Å². The van der Waals surface area contributed by atoms with E-state index in [1.807, 2.05) is 38.1 Å². The molecule has 1 spiro atoms. The van der Waals surface area contributed by atoms with Crippen LogP contribution in [0.1, 0.15) is 50.2 Å². The SMILES string of the molecule is CC(C)C(NC(=O)OCC1c2ccccc2-c2ccccc21)C(=O)N1CC(C(=O)O)C2(CCC2)C1. The highest BCUT2D eigenvalue weighted by atomic mass is 16.5. The van der Waals surface area contributed by atoms with Crippen LogP contribution in [0.5, 0.6) is 0 Å². The molecule has 2 fully saturated rings. The smallest absolute Gasteiger partial charge is 0.407 e. The number of amides is 2. The number of aliphatic carboxylic acids is 1. The van der Waals surface area contributed by atoms with Crippen LogP contribution in [0, 0.1) is 17.3 Å². The Bertz CT molecular complexity index is 1110. The van der Waals surface area contributed by atoms with Gasteiger partial charge in [0.2, 0.25) is 5.91 Å². The van der Waals surface area contributed by atoms with Gasteiger partial charge in [0, 0.05) is 24.4 Å². The number of nitrogens with one attached hydrogen (secondary N) is 1. The number of fused-ring (bicyclic) bond motifs is 3. The van der Waals surface area contributed by atoms with Gasteiger partial charge in [0.25, 0.3) is 0 Å². The molecule has 0 aromatic heterocycles. The van der Waals surface area contributed by atoms with Crippen LogP contribution >= 0.6 is 0 Å². The van der Waals surface area contributed by atoms with E-state index < -0.39 is 24.0 Å². The molecule has 2 amide bonds. The fraction of sp³-hybridized carbons (Fsp3) is 0.464. The summed E-state index contributed by atoms with van der Waals surface area (Å²) in [5.41, 5.74) is 4.24. The van der Waals surface area contributed by atoms with E-state index in [0.717, 1.165) is 41.5 Å². The fourth-order valence-electron chi connectivity index (χ4n) is 6.09. The summed E-state index contributed by atoms with van der Waals surface area (Å²) >= 11 is 0. The first kappa shape index (κ1) is 23.4. The Hall–Kier alpha value is -3.35. The second-order valence-corrected chi connectivity index (χ2v) is 10.5. The zero-order chi connectivity index (χ0) is 24.7. The van der Waals surface area contributed by atoms with Crippen LogP contribution < -0.4 is 5.32 Å². The molecule has 184 valence electrons. The lowest BCUT2D eigenvalue weighted by Crippen LogP contribution is -2.51. The molecule has 7 heteroatoms. The second-order valence-electron chi connectivity index (χ2n) is 10.5. The molecular weight excluding hydrogens is 444 g/mol. The molecule has 2 aromatic carbocycles. The van der Waals surface area contributed by atoms with E-state index in [4.69, 9.17) is 4.74 Å². The predicted molar refractivity (Wildman–Crippen MR) is 131 cm³/mol. The number of hydrogen-bond donors (Lipinski definition) is 2. The Kier molecular flexibility index (Phi) is 6.03. The van der Waals surface area contributed by atoms with Gasteiger partial charge in [-0.25, -0.2) is 4.79 Å². The summed E-state index contributed by atoms with van der Waals surface area (Å²) in [5.74, 6) is -1.84. The van der Waals surface area contributed by atoms with Crippen molar-refractivity contribution in [2.24, 2.45) is 17.3 Å². The maximum absolute atomic E-state index is 13.4. The van der Waals surface area contributed by atoms with Crippen LogP contribution in [0.2, 0.25) is 0 Å². The van der Waals surface area contributed by atoms with Gasteiger partial charge in [-0.05, 0) is 41.0 Å². The lowest BCUT2D eigenvalue weighted by atomic mass is 9.63. The van der Waals surface area contributed by atoms with E-state index in [-0.39, 0.29) is 36.3 Å². The van der Waals surface area contributed by atoms with Crippen molar-refractivity contribution in [1.82, 2.24) is 10.2 Å². The molecule has 0 radical (unpaired) electrons. The van der Waals surface area contributed by atoms with E-state index in [1.54, 1.807) is 4.90 Å². The number of likely N-dealkylation sites (tertiary alicyclic amines) is 1. The number of carboxylic acids is 1. The molecule has 1 heterocycles. The van der Waals surface area contributed by atoms with Crippen LogP contribution in [0.15, 0.2) is 48.5 Å². The summed E-state index contributed by atoms with van der Waals surface area (Å²) in [4.78, 5) is 39.6. The Balaban J connectivity index is 1.25. The summed E-state index contributed by atoms with van der Waals surface area (Å²) in [6, 6.07) is 15.5. The monoisotopic (exact) mass is 476 g/mol. The molecule has 35 heavy (non-hydrogen) atoms. The standard InChI is InChI=1S/C28H32N2O5/c1-17(2)24(25(31)30-14-23(26(32)33)28(16-30)12-7-13-28)29-27(34)35-15-22-20-10-5-3-8-18(20)19-9-4-6-11-21(19)22/h3-6,8-11,17,22-24H,7,12-16H2,1-2H3,(H,29,34)(H,32,33). The van der Waals surface area contributed by atoms with Crippen molar-refractivity contribution in [1.29, 1.82) is 0 Å². The highest BCUT2D eigenvalue weighted by Crippen LogP contribution is 2.52. The van der Waals surface area contributed by atoms with Crippen LogP contribution in [-0.4, -0.2) is 53.7 Å². The summed E-state index contributed by atoms with van der Waals surface area (Å²) in [5, 5.41) is 12.5. The molecule has 1 aliphatic heterocycles. The largest absolute Gasteiger partial charge is 0.481 e. The normalized spacial score (nSPS) is 20.8. The number of hydrogen-bond acceptors (Lipinski definition) is 4. The van der Waals surface area contributed by atoms with Crippen molar-refractivity contribution in [3.63, 3.8) is 0 Å².